The third kappa shape index (κ3) is 3.20. The summed E-state index contributed by atoms with van der Waals surface area (Å²) in [6.45, 7) is 4.50. The van der Waals surface area contributed by atoms with Crippen LogP contribution in [0.5, 0.6) is 0 Å². The lowest BCUT2D eigenvalue weighted by Gasteiger charge is -2.36. The van der Waals surface area contributed by atoms with Crippen molar-refractivity contribution < 1.29 is 9.21 Å². The average molecular weight is 326 g/mol. The topological polar surface area (TPSA) is 36.7 Å². The number of furan rings is 1. The second-order valence-electron chi connectivity index (χ2n) is 7.16. The molecule has 2 saturated heterocycles. The van der Waals surface area contributed by atoms with Gasteiger partial charge in [-0.25, -0.2) is 0 Å². The van der Waals surface area contributed by atoms with Crippen LogP contribution in [0.4, 0.5) is 0 Å². The van der Waals surface area contributed by atoms with Gasteiger partial charge in [0.25, 0.3) is 5.91 Å². The van der Waals surface area contributed by atoms with Gasteiger partial charge in [0.15, 0.2) is 0 Å². The lowest BCUT2D eigenvalue weighted by molar-refractivity contribution is 0.0588. The number of likely N-dealkylation sites (tertiary alicyclic amines) is 2. The van der Waals surface area contributed by atoms with Crippen molar-refractivity contribution in [3.05, 3.63) is 36.1 Å². The van der Waals surface area contributed by atoms with E-state index in [0.717, 1.165) is 48.9 Å². The molecule has 1 atom stereocenters. The van der Waals surface area contributed by atoms with Crippen LogP contribution in [0.3, 0.4) is 0 Å². The van der Waals surface area contributed by atoms with Crippen LogP contribution in [0.2, 0.25) is 0 Å². The summed E-state index contributed by atoms with van der Waals surface area (Å²) >= 11 is 0. The third-order valence-corrected chi connectivity index (χ3v) is 5.56. The Balaban J connectivity index is 1.47. The van der Waals surface area contributed by atoms with E-state index in [1.807, 2.05) is 24.3 Å². The Labute approximate surface area is 143 Å². The maximum absolute atomic E-state index is 13.1. The first-order valence-electron chi connectivity index (χ1n) is 9.32. The van der Waals surface area contributed by atoms with Crippen LogP contribution in [0.15, 0.2) is 34.9 Å². The van der Waals surface area contributed by atoms with Crippen molar-refractivity contribution in [2.24, 2.45) is 0 Å². The first kappa shape index (κ1) is 15.7. The van der Waals surface area contributed by atoms with Gasteiger partial charge in [0, 0.05) is 30.1 Å². The van der Waals surface area contributed by atoms with Crippen molar-refractivity contribution in [1.82, 2.24) is 9.80 Å². The first-order valence-corrected chi connectivity index (χ1v) is 9.32. The fourth-order valence-corrected chi connectivity index (χ4v) is 4.17. The minimum atomic E-state index is 0.184. The van der Waals surface area contributed by atoms with Crippen molar-refractivity contribution in [2.75, 3.05) is 26.2 Å². The van der Waals surface area contributed by atoms with Crippen LogP contribution in [0, 0.1) is 0 Å². The quantitative estimate of drug-likeness (QED) is 0.854. The summed E-state index contributed by atoms with van der Waals surface area (Å²) in [7, 11) is 0. The van der Waals surface area contributed by atoms with Crippen LogP contribution >= 0.6 is 0 Å². The van der Waals surface area contributed by atoms with Crippen LogP contribution in [-0.4, -0.2) is 47.9 Å². The van der Waals surface area contributed by atoms with E-state index >= 15 is 0 Å². The van der Waals surface area contributed by atoms with Crippen molar-refractivity contribution in [2.45, 2.75) is 44.6 Å². The Bertz CT molecular complexity index is 702. The molecule has 0 saturated carbocycles. The van der Waals surface area contributed by atoms with Crippen LogP contribution in [0.25, 0.3) is 11.0 Å². The van der Waals surface area contributed by atoms with E-state index in [1.165, 1.54) is 32.4 Å². The first-order chi connectivity index (χ1) is 11.8. The number of fused-ring (bicyclic) bond motifs is 1. The molecule has 2 aromatic rings. The average Bonchev–Trinajstić information content (AvgIpc) is 3.30. The van der Waals surface area contributed by atoms with Gasteiger partial charge >= 0.3 is 0 Å². The lowest BCUT2D eigenvalue weighted by atomic mass is 9.97. The third-order valence-electron chi connectivity index (χ3n) is 5.56. The molecule has 0 aliphatic carbocycles. The van der Waals surface area contributed by atoms with Gasteiger partial charge in [0.1, 0.15) is 5.58 Å². The summed E-state index contributed by atoms with van der Waals surface area (Å²) < 4.78 is 5.38. The normalized spacial score (nSPS) is 22.3. The van der Waals surface area contributed by atoms with E-state index in [9.17, 15) is 4.79 Å². The Hall–Kier alpha value is -1.81. The molecule has 1 amide bonds. The SMILES string of the molecule is O=C(c1ccc2occc2c1)N1CCCC[C@H]1CCN1CCCC1. The van der Waals surface area contributed by atoms with Crippen molar-refractivity contribution >= 4 is 16.9 Å². The minimum Gasteiger partial charge on any atom is -0.464 e. The van der Waals surface area contributed by atoms with Gasteiger partial charge in [0.05, 0.1) is 6.26 Å². The monoisotopic (exact) mass is 326 g/mol. The predicted molar refractivity (Wildman–Crippen MR) is 95.2 cm³/mol. The fraction of sp³-hybridized carbons (Fsp3) is 0.550. The minimum absolute atomic E-state index is 0.184. The summed E-state index contributed by atoms with van der Waals surface area (Å²) in [6.07, 6.45) is 8.97. The van der Waals surface area contributed by atoms with Crippen molar-refractivity contribution in [3.8, 4) is 0 Å². The van der Waals surface area contributed by atoms with E-state index in [1.54, 1.807) is 6.26 Å². The summed E-state index contributed by atoms with van der Waals surface area (Å²) in [5.41, 5.74) is 1.63. The van der Waals surface area contributed by atoms with Gasteiger partial charge in [-0.1, -0.05) is 0 Å². The van der Waals surface area contributed by atoms with Gasteiger partial charge in [0.2, 0.25) is 0 Å². The van der Waals surface area contributed by atoms with E-state index in [2.05, 4.69) is 9.80 Å². The lowest BCUT2D eigenvalue weighted by Crippen LogP contribution is -2.45. The molecule has 4 rings (SSSR count). The molecule has 0 spiro atoms. The predicted octanol–water partition coefficient (Wildman–Crippen LogP) is 3.91. The van der Waals surface area contributed by atoms with E-state index < -0.39 is 0 Å². The van der Waals surface area contributed by atoms with Crippen LogP contribution < -0.4 is 0 Å². The number of piperidine rings is 1. The Kier molecular flexibility index (Phi) is 4.56. The van der Waals surface area contributed by atoms with E-state index in [0.29, 0.717) is 6.04 Å². The molecule has 4 nitrogen and oxygen atoms in total. The highest BCUT2D eigenvalue weighted by Crippen LogP contribution is 2.25. The Morgan fingerprint density at radius 2 is 1.92 bits per heavy atom. The molecule has 3 heterocycles. The molecule has 24 heavy (non-hydrogen) atoms. The molecule has 0 bridgehead atoms. The highest BCUT2D eigenvalue weighted by atomic mass is 16.3. The second kappa shape index (κ2) is 6.98. The summed E-state index contributed by atoms with van der Waals surface area (Å²) in [5, 5.41) is 1.01. The number of benzene rings is 1. The number of hydrogen-bond acceptors (Lipinski definition) is 3. The van der Waals surface area contributed by atoms with Crippen LogP contribution in [-0.2, 0) is 0 Å². The molecular formula is C20H26N2O2. The van der Waals surface area contributed by atoms with Crippen molar-refractivity contribution in [1.29, 1.82) is 0 Å². The van der Waals surface area contributed by atoms with Crippen molar-refractivity contribution in [3.63, 3.8) is 0 Å². The van der Waals surface area contributed by atoms with Gasteiger partial charge in [-0.15, -0.1) is 0 Å². The van der Waals surface area contributed by atoms with Crippen LogP contribution in [0.1, 0.15) is 48.9 Å². The number of rotatable bonds is 4. The molecule has 0 radical (unpaired) electrons. The maximum Gasteiger partial charge on any atom is 0.254 e. The molecule has 4 heteroatoms. The number of carbonyl (C=O) groups excluding carboxylic acids is 1. The largest absolute Gasteiger partial charge is 0.464 e. The number of nitrogens with zero attached hydrogens (tertiary/aromatic N) is 2. The van der Waals surface area contributed by atoms with Gasteiger partial charge in [-0.05, 0) is 75.9 Å². The second-order valence-corrected chi connectivity index (χ2v) is 7.16. The highest BCUT2D eigenvalue weighted by molar-refractivity contribution is 5.98. The summed E-state index contributed by atoms with van der Waals surface area (Å²) in [4.78, 5) is 17.7. The maximum atomic E-state index is 13.1. The molecular weight excluding hydrogens is 300 g/mol. The Morgan fingerprint density at radius 1 is 1.08 bits per heavy atom. The summed E-state index contributed by atoms with van der Waals surface area (Å²) in [5.74, 6) is 0.184. The molecule has 2 aliphatic rings. The zero-order valence-corrected chi connectivity index (χ0v) is 14.2. The number of carbonyl (C=O) groups is 1. The number of amides is 1. The molecule has 2 aliphatic heterocycles. The highest BCUT2D eigenvalue weighted by Gasteiger charge is 2.28. The smallest absolute Gasteiger partial charge is 0.254 e. The zero-order chi connectivity index (χ0) is 16.4. The van der Waals surface area contributed by atoms with E-state index in [-0.39, 0.29) is 5.91 Å². The molecule has 0 N–H and O–H groups in total. The van der Waals surface area contributed by atoms with E-state index in [4.69, 9.17) is 4.42 Å². The van der Waals surface area contributed by atoms with Gasteiger partial charge in [-0.3, -0.25) is 4.79 Å². The number of hydrogen-bond donors (Lipinski definition) is 0. The van der Waals surface area contributed by atoms with Gasteiger partial charge in [-0.2, -0.15) is 0 Å². The molecule has 1 aromatic heterocycles. The Morgan fingerprint density at radius 3 is 2.79 bits per heavy atom. The molecule has 1 aromatic carbocycles. The molecule has 0 unspecified atom stereocenters. The molecule has 2 fully saturated rings. The zero-order valence-electron chi connectivity index (χ0n) is 14.2. The fourth-order valence-electron chi connectivity index (χ4n) is 4.17. The summed E-state index contributed by atoms with van der Waals surface area (Å²) in [6, 6.07) is 8.10. The van der Waals surface area contributed by atoms with Gasteiger partial charge < -0.3 is 14.2 Å². The molecule has 128 valence electrons. The standard InChI is InChI=1S/C20H26N2O2/c23-20(17-6-7-19-16(15-17)9-14-24-19)22-12-2-1-5-18(22)8-13-21-10-3-4-11-21/h6-7,9,14-15,18H,1-5,8,10-13H2/t18-/m0/s1.